The highest BCUT2D eigenvalue weighted by Gasteiger charge is 2.26. The first kappa shape index (κ1) is 11.1. The molecule has 1 aliphatic carbocycles. The van der Waals surface area contributed by atoms with Crippen LogP contribution in [0.3, 0.4) is 0 Å². The Balaban J connectivity index is 2.25. The lowest BCUT2D eigenvalue weighted by atomic mass is 10.3. The van der Waals surface area contributed by atoms with E-state index in [1.807, 2.05) is 32.0 Å². The van der Waals surface area contributed by atoms with Crippen molar-refractivity contribution < 1.29 is 14.2 Å². The monoisotopic (exact) mass is 222 g/mol. The van der Waals surface area contributed by atoms with Crippen molar-refractivity contribution in [1.29, 1.82) is 0 Å². The van der Waals surface area contributed by atoms with Crippen LogP contribution in [0.2, 0.25) is 0 Å². The molecular weight excluding hydrogens is 204 g/mol. The first-order valence-electron chi connectivity index (χ1n) is 5.71. The summed E-state index contributed by atoms with van der Waals surface area (Å²) < 4.78 is 16.8. The lowest BCUT2D eigenvalue weighted by molar-refractivity contribution is 0.211. The van der Waals surface area contributed by atoms with Crippen LogP contribution in [0, 0.1) is 0 Å². The van der Waals surface area contributed by atoms with Crippen molar-refractivity contribution in [2.45, 2.75) is 38.9 Å². The second-order valence-corrected chi connectivity index (χ2v) is 4.27. The summed E-state index contributed by atoms with van der Waals surface area (Å²) in [5, 5.41) is 0. The van der Waals surface area contributed by atoms with Crippen LogP contribution in [-0.4, -0.2) is 19.3 Å². The topological polar surface area (TPSA) is 27.7 Å². The SMILES string of the molecule is COc1cccc(OC(C)C)c1OC1CC1. The maximum Gasteiger partial charge on any atom is 0.203 e. The zero-order valence-corrected chi connectivity index (χ0v) is 10.0. The van der Waals surface area contributed by atoms with E-state index in [0.29, 0.717) is 6.10 Å². The molecule has 0 spiro atoms. The molecule has 3 nitrogen and oxygen atoms in total. The zero-order valence-electron chi connectivity index (χ0n) is 10.0. The number of methoxy groups -OCH3 is 1. The van der Waals surface area contributed by atoms with Crippen LogP contribution in [0.5, 0.6) is 17.2 Å². The van der Waals surface area contributed by atoms with E-state index in [1.165, 1.54) is 0 Å². The van der Waals surface area contributed by atoms with Crippen LogP contribution in [0.25, 0.3) is 0 Å². The fourth-order valence-electron chi connectivity index (χ4n) is 1.47. The molecule has 1 aromatic rings. The number of benzene rings is 1. The lowest BCUT2D eigenvalue weighted by Crippen LogP contribution is -2.08. The Morgan fingerprint density at radius 2 is 1.88 bits per heavy atom. The van der Waals surface area contributed by atoms with Gasteiger partial charge in [-0.15, -0.1) is 0 Å². The van der Waals surface area contributed by atoms with E-state index >= 15 is 0 Å². The molecule has 88 valence electrons. The van der Waals surface area contributed by atoms with Crippen LogP contribution >= 0.6 is 0 Å². The van der Waals surface area contributed by atoms with Crippen molar-refractivity contribution in [2.24, 2.45) is 0 Å². The van der Waals surface area contributed by atoms with Crippen LogP contribution in [0.15, 0.2) is 18.2 Å². The Hall–Kier alpha value is -1.38. The molecule has 0 atom stereocenters. The van der Waals surface area contributed by atoms with E-state index in [1.54, 1.807) is 7.11 Å². The van der Waals surface area contributed by atoms with E-state index in [4.69, 9.17) is 14.2 Å². The summed E-state index contributed by atoms with van der Waals surface area (Å²) in [4.78, 5) is 0. The molecule has 0 unspecified atom stereocenters. The van der Waals surface area contributed by atoms with Gasteiger partial charge < -0.3 is 14.2 Å². The summed E-state index contributed by atoms with van der Waals surface area (Å²) in [6.07, 6.45) is 2.72. The van der Waals surface area contributed by atoms with E-state index in [0.717, 1.165) is 30.1 Å². The van der Waals surface area contributed by atoms with Gasteiger partial charge in [-0.25, -0.2) is 0 Å². The van der Waals surface area contributed by atoms with Crippen LogP contribution < -0.4 is 14.2 Å². The van der Waals surface area contributed by atoms with Crippen molar-refractivity contribution in [3.8, 4) is 17.2 Å². The summed E-state index contributed by atoms with van der Waals surface area (Å²) in [6.45, 7) is 4.00. The van der Waals surface area contributed by atoms with Crippen molar-refractivity contribution in [1.82, 2.24) is 0 Å². The van der Waals surface area contributed by atoms with Gasteiger partial charge in [0.1, 0.15) is 0 Å². The predicted octanol–water partition coefficient (Wildman–Crippen LogP) is 3.02. The van der Waals surface area contributed by atoms with Crippen LogP contribution in [0.4, 0.5) is 0 Å². The van der Waals surface area contributed by atoms with Crippen molar-refractivity contribution >= 4 is 0 Å². The minimum Gasteiger partial charge on any atom is -0.493 e. The molecule has 1 fully saturated rings. The van der Waals surface area contributed by atoms with Gasteiger partial charge in [-0.05, 0) is 38.8 Å². The summed E-state index contributed by atoms with van der Waals surface area (Å²) in [5.41, 5.74) is 0. The fraction of sp³-hybridized carbons (Fsp3) is 0.538. The molecule has 0 amide bonds. The fourth-order valence-corrected chi connectivity index (χ4v) is 1.47. The van der Waals surface area contributed by atoms with Crippen molar-refractivity contribution in [2.75, 3.05) is 7.11 Å². The smallest absolute Gasteiger partial charge is 0.203 e. The number of hydrogen-bond acceptors (Lipinski definition) is 3. The highest BCUT2D eigenvalue weighted by atomic mass is 16.6. The highest BCUT2D eigenvalue weighted by molar-refractivity contribution is 5.51. The third-order valence-electron chi connectivity index (χ3n) is 2.33. The summed E-state index contributed by atoms with van der Waals surface area (Å²) in [7, 11) is 1.65. The molecule has 0 saturated heterocycles. The number of ether oxygens (including phenoxy) is 3. The second kappa shape index (κ2) is 4.64. The Morgan fingerprint density at radius 3 is 2.44 bits per heavy atom. The molecule has 16 heavy (non-hydrogen) atoms. The Bertz CT molecular complexity index is 356. The zero-order chi connectivity index (χ0) is 11.5. The van der Waals surface area contributed by atoms with Crippen molar-refractivity contribution in [3.05, 3.63) is 18.2 Å². The first-order chi connectivity index (χ1) is 7.70. The summed E-state index contributed by atoms with van der Waals surface area (Å²) in [5.74, 6) is 2.24. The number of rotatable bonds is 5. The molecule has 0 heterocycles. The molecule has 3 heteroatoms. The van der Waals surface area contributed by atoms with Gasteiger partial charge in [0.2, 0.25) is 5.75 Å². The quantitative estimate of drug-likeness (QED) is 0.766. The van der Waals surface area contributed by atoms with Crippen LogP contribution in [-0.2, 0) is 0 Å². The molecule has 0 N–H and O–H groups in total. The number of hydrogen-bond donors (Lipinski definition) is 0. The normalized spacial score (nSPS) is 15.0. The standard InChI is InChI=1S/C13H18O3/c1-9(2)15-12-6-4-5-11(14-3)13(12)16-10-7-8-10/h4-6,9-10H,7-8H2,1-3H3. The Kier molecular flexibility index (Phi) is 3.22. The molecule has 0 bridgehead atoms. The molecule has 0 aromatic heterocycles. The number of para-hydroxylation sites is 1. The first-order valence-corrected chi connectivity index (χ1v) is 5.71. The second-order valence-electron chi connectivity index (χ2n) is 4.27. The van der Waals surface area contributed by atoms with E-state index < -0.39 is 0 Å². The van der Waals surface area contributed by atoms with Gasteiger partial charge in [0.25, 0.3) is 0 Å². The Labute approximate surface area is 96.3 Å². The third kappa shape index (κ3) is 2.60. The van der Waals surface area contributed by atoms with Crippen LogP contribution in [0.1, 0.15) is 26.7 Å². The van der Waals surface area contributed by atoms with Gasteiger partial charge in [0.15, 0.2) is 11.5 Å². The van der Waals surface area contributed by atoms with Gasteiger partial charge >= 0.3 is 0 Å². The third-order valence-corrected chi connectivity index (χ3v) is 2.33. The molecule has 1 saturated carbocycles. The Morgan fingerprint density at radius 1 is 1.19 bits per heavy atom. The average molecular weight is 222 g/mol. The molecular formula is C13H18O3. The van der Waals surface area contributed by atoms with E-state index in [-0.39, 0.29) is 6.10 Å². The largest absolute Gasteiger partial charge is 0.493 e. The van der Waals surface area contributed by atoms with Gasteiger partial charge in [-0.2, -0.15) is 0 Å². The molecule has 1 aromatic carbocycles. The maximum atomic E-state index is 5.83. The highest BCUT2D eigenvalue weighted by Crippen LogP contribution is 2.41. The molecule has 0 radical (unpaired) electrons. The van der Waals surface area contributed by atoms with Crippen molar-refractivity contribution in [3.63, 3.8) is 0 Å². The maximum absolute atomic E-state index is 5.83. The molecule has 1 aliphatic rings. The average Bonchev–Trinajstić information content (AvgIpc) is 3.03. The van der Waals surface area contributed by atoms with Gasteiger partial charge in [0.05, 0.1) is 19.3 Å². The minimum atomic E-state index is 0.133. The van der Waals surface area contributed by atoms with Gasteiger partial charge in [0, 0.05) is 0 Å². The molecule has 0 aliphatic heterocycles. The van der Waals surface area contributed by atoms with Gasteiger partial charge in [-0.3, -0.25) is 0 Å². The minimum absolute atomic E-state index is 0.133. The summed E-state index contributed by atoms with van der Waals surface area (Å²) >= 11 is 0. The van der Waals surface area contributed by atoms with E-state index in [2.05, 4.69) is 0 Å². The summed E-state index contributed by atoms with van der Waals surface area (Å²) in [6, 6.07) is 5.72. The lowest BCUT2D eigenvalue weighted by Gasteiger charge is -2.17. The van der Waals surface area contributed by atoms with Gasteiger partial charge in [-0.1, -0.05) is 6.07 Å². The van der Waals surface area contributed by atoms with E-state index in [9.17, 15) is 0 Å². The predicted molar refractivity (Wildman–Crippen MR) is 62.4 cm³/mol. The molecule has 2 rings (SSSR count).